The molecule has 0 aliphatic carbocycles. The number of likely N-dealkylation sites (tertiary alicyclic amines) is 1. The summed E-state index contributed by atoms with van der Waals surface area (Å²) in [5.41, 5.74) is 7.90. The molecule has 0 bridgehead atoms. The molecule has 162 valence electrons. The maximum Gasteiger partial charge on any atom is 0.410 e. The van der Waals surface area contributed by atoms with Crippen LogP contribution in [0.5, 0.6) is 11.5 Å². The van der Waals surface area contributed by atoms with Gasteiger partial charge in [0.15, 0.2) is 0 Å². The first-order chi connectivity index (χ1) is 15.1. The zero-order chi connectivity index (χ0) is 21.6. The average Bonchev–Trinajstić information content (AvgIpc) is 2.82. The van der Waals surface area contributed by atoms with E-state index < -0.39 is 0 Å². The fourth-order valence-corrected chi connectivity index (χ4v) is 3.79. The van der Waals surface area contributed by atoms with E-state index in [9.17, 15) is 4.79 Å². The molecule has 0 saturated carbocycles. The number of amides is 1. The molecule has 0 radical (unpaired) electrons. The Morgan fingerprint density at radius 3 is 2.81 bits per heavy atom. The first-order valence-corrected chi connectivity index (χ1v) is 10.4. The van der Waals surface area contributed by atoms with Gasteiger partial charge in [0.25, 0.3) is 0 Å². The van der Waals surface area contributed by atoms with Crippen LogP contribution in [0.25, 0.3) is 10.9 Å². The number of aromatic nitrogens is 1. The number of pyridine rings is 1. The molecular formula is C24H27N3O4. The van der Waals surface area contributed by atoms with Crippen LogP contribution in [0, 0.1) is 0 Å². The van der Waals surface area contributed by atoms with Crippen LogP contribution in [-0.4, -0.2) is 48.3 Å². The van der Waals surface area contributed by atoms with Crippen LogP contribution in [0.2, 0.25) is 0 Å². The second kappa shape index (κ2) is 9.66. The predicted octanol–water partition coefficient (Wildman–Crippen LogP) is 3.75. The standard InChI is InChI=1S/C24H27N3O4/c1-29-20-9-10-22-21(13-20)23(11-12-26-22)30-16-19-8-7-18(25)14-27(19)24(28)31-15-17-5-3-2-4-6-17/h2-6,9-13,18-19H,7-8,14-16,25H2,1H3/t18-,19+/m0/s1. The van der Waals surface area contributed by atoms with Gasteiger partial charge in [0, 0.05) is 24.2 Å². The second-order valence-electron chi connectivity index (χ2n) is 7.69. The molecule has 1 aliphatic heterocycles. The van der Waals surface area contributed by atoms with E-state index in [2.05, 4.69) is 4.98 Å². The van der Waals surface area contributed by atoms with E-state index in [1.165, 1.54) is 0 Å². The summed E-state index contributed by atoms with van der Waals surface area (Å²) in [6, 6.07) is 16.9. The van der Waals surface area contributed by atoms with Crippen molar-refractivity contribution in [3.05, 3.63) is 66.4 Å². The maximum atomic E-state index is 12.8. The molecule has 1 amide bonds. The monoisotopic (exact) mass is 421 g/mol. The molecule has 31 heavy (non-hydrogen) atoms. The third kappa shape index (κ3) is 5.06. The van der Waals surface area contributed by atoms with Crippen molar-refractivity contribution in [2.24, 2.45) is 5.73 Å². The Labute approximate surface area is 181 Å². The Balaban J connectivity index is 1.45. The van der Waals surface area contributed by atoms with Crippen LogP contribution in [0.1, 0.15) is 18.4 Å². The number of piperidine rings is 1. The van der Waals surface area contributed by atoms with E-state index >= 15 is 0 Å². The summed E-state index contributed by atoms with van der Waals surface area (Å²) < 4.78 is 17.0. The minimum Gasteiger partial charge on any atom is -0.497 e. The second-order valence-corrected chi connectivity index (χ2v) is 7.69. The quantitative estimate of drug-likeness (QED) is 0.652. The lowest BCUT2D eigenvalue weighted by molar-refractivity contribution is 0.0495. The van der Waals surface area contributed by atoms with Crippen LogP contribution in [0.4, 0.5) is 4.79 Å². The molecule has 1 aromatic heterocycles. The lowest BCUT2D eigenvalue weighted by Gasteiger charge is -2.37. The smallest absolute Gasteiger partial charge is 0.410 e. The van der Waals surface area contributed by atoms with Gasteiger partial charge in [-0.25, -0.2) is 4.79 Å². The van der Waals surface area contributed by atoms with Crippen molar-refractivity contribution in [3.8, 4) is 11.5 Å². The van der Waals surface area contributed by atoms with Gasteiger partial charge in [-0.2, -0.15) is 0 Å². The van der Waals surface area contributed by atoms with Gasteiger partial charge in [0.1, 0.15) is 24.7 Å². The summed E-state index contributed by atoms with van der Waals surface area (Å²) in [4.78, 5) is 18.9. The molecular weight excluding hydrogens is 394 g/mol. The van der Waals surface area contributed by atoms with Crippen molar-refractivity contribution < 1.29 is 19.0 Å². The fraction of sp³-hybridized carbons (Fsp3) is 0.333. The molecule has 7 heteroatoms. The Morgan fingerprint density at radius 2 is 2.00 bits per heavy atom. The lowest BCUT2D eigenvalue weighted by Crippen LogP contribution is -2.53. The Morgan fingerprint density at radius 1 is 1.16 bits per heavy atom. The topological polar surface area (TPSA) is 86.9 Å². The van der Waals surface area contributed by atoms with Crippen molar-refractivity contribution in [2.45, 2.75) is 31.5 Å². The van der Waals surface area contributed by atoms with Crippen molar-refractivity contribution >= 4 is 17.0 Å². The summed E-state index contributed by atoms with van der Waals surface area (Å²) in [5, 5.41) is 0.868. The minimum absolute atomic E-state index is 0.0634. The third-order valence-electron chi connectivity index (χ3n) is 5.52. The van der Waals surface area contributed by atoms with Gasteiger partial charge in [-0.1, -0.05) is 30.3 Å². The molecule has 2 N–H and O–H groups in total. The van der Waals surface area contributed by atoms with Crippen molar-refractivity contribution in [1.82, 2.24) is 9.88 Å². The van der Waals surface area contributed by atoms with Gasteiger partial charge in [-0.05, 0) is 42.7 Å². The zero-order valence-corrected chi connectivity index (χ0v) is 17.6. The van der Waals surface area contributed by atoms with Crippen molar-refractivity contribution in [3.63, 3.8) is 0 Å². The summed E-state index contributed by atoms with van der Waals surface area (Å²) >= 11 is 0. The molecule has 2 heterocycles. The summed E-state index contributed by atoms with van der Waals surface area (Å²) in [6.45, 7) is 1.03. The largest absolute Gasteiger partial charge is 0.497 e. The van der Waals surface area contributed by atoms with Crippen molar-refractivity contribution in [1.29, 1.82) is 0 Å². The normalized spacial score (nSPS) is 18.6. The Hall–Kier alpha value is -3.32. The summed E-state index contributed by atoms with van der Waals surface area (Å²) in [6.07, 6.45) is 2.94. The highest BCUT2D eigenvalue weighted by atomic mass is 16.6. The van der Waals surface area contributed by atoms with Crippen LogP contribution >= 0.6 is 0 Å². The summed E-state index contributed by atoms with van der Waals surface area (Å²) in [7, 11) is 1.63. The number of nitrogens with zero attached hydrogens (tertiary/aromatic N) is 2. The SMILES string of the molecule is COc1ccc2nccc(OC[C@H]3CC[C@H](N)CN3C(=O)OCc3ccccc3)c2c1. The number of fused-ring (bicyclic) bond motifs is 1. The maximum absolute atomic E-state index is 12.8. The highest BCUT2D eigenvalue weighted by Gasteiger charge is 2.32. The number of nitrogens with two attached hydrogens (primary N) is 1. The van der Waals surface area contributed by atoms with Gasteiger partial charge < -0.3 is 24.8 Å². The molecule has 3 aromatic rings. The molecule has 0 unspecified atom stereocenters. The van der Waals surface area contributed by atoms with E-state index in [1.807, 2.05) is 54.6 Å². The lowest BCUT2D eigenvalue weighted by atomic mass is 10.00. The van der Waals surface area contributed by atoms with Gasteiger partial charge >= 0.3 is 6.09 Å². The number of carbonyl (C=O) groups is 1. The van der Waals surface area contributed by atoms with Crippen LogP contribution in [-0.2, 0) is 11.3 Å². The van der Waals surface area contributed by atoms with Crippen LogP contribution in [0.3, 0.4) is 0 Å². The minimum atomic E-state index is -0.367. The van der Waals surface area contributed by atoms with Crippen LogP contribution in [0.15, 0.2) is 60.8 Å². The Kier molecular flexibility index (Phi) is 6.52. The molecule has 7 nitrogen and oxygen atoms in total. The third-order valence-corrected chi connectivity index (χ3v) is 5.52. The molecule has 1 aliphatic rings. The zero-order valence-electron chi connectivity index (χ0n) is 17.6. The van der Waals surface area contributed by atoms with Gasteiger partial charge in [-0.15, -0.1) is 0 Å². The molecule has 1 saturated heterocycles. The molecule has 1 fully saturated rings. The van der Waals surface area contributed by atoms with E-state index in [4.69, 9.17) is 19.9 Å². The van der Waals surface area contributed by atoms with E-state index in [0.717, 1.165) is 35.1 Å². The van der Waals surface area contributed by atoms with Gasteiger partial charge in [0.05, 0.1) is 18.7 Å². The average molecular weight is 421 g/mol. The van der Waals surface area contributed by atoms with E-state index in [-0.39, 0.29) is 24.8 Å². The number of hydrogen-bond acceptors (Lipinski definition) is 6. The Bertz CT molecular complexity index is 1030. The molecule has 2 aromatic carbocycles. The number of ether oxygens (including phenoxy) is 3. The molecule has 0 spiro atoms. The number of methoxy groups -OCH3 is 1. The number of hydrogen-bond donors (Lipinski definition) is 1. The van der Waals surface area contributed by atoms with Gasteiger partial charge in [0.2, 0.25) is 0 Å². The van der Waals surface area contributed by atoms with E-state index in [1.54, 1.807) is 18.2 Å². The summed E-state index contributed by atoms with van der Waals surface area (Å²) in [5.74, 6) is 1.44. The van der Waals surface area contributed by atoms with E-state index in [0.29, 0.717) is 18.9 Å². The van der Waals surface area contributed by atoms with Gasteiger partial charge in [-0.3, -0.25) is 4.98 Å². The molecule has 2 atom stereocenters. The number of rotatable bonds is 6. The first-order valence-electron chi connectivity index (χ1n) is 10.4. The number of carbonyl (C=O) groups excluding carboxylic acids is 1. The number of benzene rings is 2. The fourth-order valence-electron chi connectivity index (χ4n) is 3.79. The predicted molar refractivity (Wildman–Crippen MR) is 118 cm³/mol. The molecule has 4 rings (SSSR count). The highest BCUT2D eigenvalue weighted by Crippen LogP contribution is 2.28. The van der Waals surface area contributed by atoms with Crippen molar-refractivity contribution in [2.75, 3.05) is 20.3 Å². The first kappa shape index (κ1) is 20.9. The highest BCUT2D eigenvalue weighted by molar-refractivity contribution is 5.86. The van der Waals surface area contributed by atoms with Crippen LogP contribution < -0.4 is 15.2 Å².